The predicted molar refractivity (Wildman–Crippen MR) is 148 cm³/mol. The molecule has 0 aliphatic heterocycles. The van der Waals surface area contributed by atoms with Crippen molar-refractivity contribution in [3.63, 3.8) is 0 Å². The zero-order valence-electron chi connectivity index (χ0n) is 22.6. The maximum absolute atomic E-state index is 13.0. The number of hydrogen-bond donors (Lipinski definition) is 3. The molecule has 1 saturated carbocycles. The lowest BCUT2D eigenvalue weighted by Crippen LogP contribution is -2.40. The van der Waals surface area contributed by atoms with Crippen LogP contribution in [0.5, 0.6) is 0 Å². The third-order valence-electron chi connectivity index (χ3n) is 7.27. The monoisotopic (exact) mass is 565 g/mol. The van der Waals surface area contributed by atoms with Crippen LogP contribution in [-0.2, 0) is 11.0 Å². The molecule has 2 atom stereocenters. The third-order valence-corrected chi connectivity index (χ3v) is 7.27. The number of benzene rings is 1. The van der Waals surface area contributed by atoms with Gasteiger partial charge < -0.3 is 16.4 Å². The summed E-state index contributed by atoms with van der Waals surface area (Å²) in [5.41, 5.74) is 7.56. The van der Waals surface area contributed by atoms with E-state index in [2.05, 4.69) is 20.6 Å². The third kappa shape index (κ3) is 6.01. The van der Waals surface area contributed by atoms with Crippen LogP contribution >= 0.6 is 0 Å². The highest BCUT2D eigenvalue weighted by atomic mass is 19.4. The number of aromatic nitrogens is 4. The van der Waals surface area contributed by atoms with Crippen molar-refractivity contribution in [2.24, 2.45) is 5.92 Å². The molecule has 41 heavy (non-hydrogen) atoms. The number of nitrogens with two attached hydrogens (primary N) is 1. The Morgan fingerprint density at radius 2 is 1.83 bits per heavy atom. The molecule has 0 radical (unpaired) electrons. The quantitative estimate of drug-likeness (QED) is 0.286. The molecule has 1 aromatic carbocycles. The predicted octanol–water partition coefficient (Wildman–Crippen LogP) is 5.44. The van der Waals surface area contributed by atoms with Crippen LogP contribution in [0.3, 0.4) is 0 Å². The summed E-state index contributed by atoms with van der Waals surface area (Å²) in [6.45, 7) is 3.74. The lowest BCUT2D eigenvalue weighted by Gasteiger charge is -2.29. The van der Waals surface area contributed by atoms with E-state index in [1.54, 1.807) is 30.5 Å². The van der Waals surface area contributed by atoms with Crippen LogP contribution < -0.4 is 16.4 Å². The van der Waals surface area contributed by atoms with Crippen LogP contribution in [0.2, 0.25) is 0 Å². The molecule has 9 nitrogen and oxygen atoms in total. The van der Waals surface area contributed by atoms with Crippen molar-refractivity contribution in [3.05, 3.63) is 71.9 Å². The van der Waals surface area contributed by atoms with Crippen molar-refractivity contribution < 1.29 is 22.8 Å². The molecule has 2 amide bonds. The van der Waals surface area contributed by atoms with Crippen LogP contribution in [0.1, 0.15) is 67.2 Å². The van der Waals surface area contributed by atoms with E-state index in [0.717, 1.165) is 49.8 Å². The summed E-state index contributed by atoms with van der Waals surface area (Å²) < 4.78 is 41.0. The fourth-order valence-corrected chi connectivity index (χ4v) is 5.14. The van der Waals surface area contributed by atoms with Gasteiger partial charge in [0.2, 0.25) is 5.91 Å². The number of amides is 2. The van der Waals surface area contributed by atoms with Gasteiger partial charge in [-0.05, 0) is 43.5 Å². The summed E-state index contributed by atoms with van der Waals surface area (Å²) in [7, 11) is 0. The van der Waals surface area contributed by atoms with Crippen molar-refractivity contribution in [2.45, 2.75) is 57.7 Å². The molecular weight excluding hydrogens is 535 g/mol. The van der Waals surface area contributed by atoms with E-state index in [9.17, 15) is 22.8 Å². The maximum atomic E-state index is 13.0. The average Bonchev–Trinajstić information content (AvgIpc) is 3.34. The normalized spacial score (nSPS) is 17.5. The molecular formula is C29H30F3N7O2. The number of rotatable bonds is 6. The van der Waals surface area contributed by atoms with Gasteiger partial charge in [-0.15, -0.1) is 0 Å². The van der Waals surface area contributed by atoms with Crippen molar-refractivity contribution in [1.82, 2.24) is 24.7 Å². The second-order valence-electron chi connectivity index (χ2n) is 10.5. The molecule has 1 aliphatic carbocycles. The average molecular weight is 566 g/mol. The van der Waals surface area contributed by atoms with E-state index in [0.29, 0.717) is 22.6 Å². The number of nitrogens with one attached hydrogen (secondary N) is 2. The van der Waals surface area contributed by atoms with Crippen molar-refractivity contribution >= 4 is 29.0 Å². The molecule has 0 saturated heterocycles. The van der Waals surface area contributed by atoms with E-state index in [4.69, 9.17) is 10.7 Å². The summed E-state index contributed by atoms with van der Waals surface area (Å²) in [6, 6.07) is 8.22. The fourth-order valence-electron chi connectivity index (χ4n) is 5.14. The lowest BCUT2D eigenvalue weighted by atomic mass is 9.85. The number of carbonyl (C=O) groups is 2. The van der Waals surface area contributed by atoms with E-state index < -0.39 is 17.6 Å². The largest absolute Gasteiger partial charge is 0.416 e. The van der Waals surface area contributed by atoms with Crippen LogP contribution in [0.15, 0.2) is 55.0 Å². The highest BCUT2D eigenvalue weighted by Crippen LogP contribution is 2.37. The van der Waals surface area contributed by atoms with E-state index in [1.165, 1.54) is 0 Å². The minimum Gasteiger partial charge on any atom is -0.382 e. The second kappa shape index (κ2) is 11.2. The summed E-state index contributed by atoms with van der Waals surface area (Å²) in [5.74, 6) is 0.361. The summed E-state index contributed by atoms with van der Waals surface area (Å²) in [6.07, 6.45) is 3.41. The van der Waals surface area contributed by atoms with Gasteiger partial charge in [-0.1, -0.05) is 32.4 Å². The van der Waals surface area contributed by atoms with Crippen molar-refractivity contribution in [1.29, 1.82) is 0 Å². The summed E-state index contributed by atoms with van der Waals surface area (Å²) in [5, 5.41) is 5.56. The molecule has 3 aromatic heterocycles. The van der Waals surface area contributed by atoms with E-state index in [-0.39, 0.29) is 35.2 Å². The Morgan fingerprint density at radius 1 is 1.07 bits per heavy atom. The Bertz CT molecular complexity index is 1580. The number of hydrogen-bond acceptors (Lipinski definition) is 6. The fraction of sp³-hybridized carbons (Fsp3) is 0.345. The van der Waals surface area contributed by atoms with Gasteiger partial charge in [0.15, 0.2) is 0 Å². The molecule has 1 fully saturated rings. The molecule has 12 heteroatoms. The first-order valence-corrected chi connectivity index (χ1v) is 13.4. The minimum atomic E-state index is -4.55. The van der Waals surface area contributed by atoms with Crippen LogP contribution in [0.4, 0.5) is 24.8 Å². The lowest BCUT2D eigenvalue weighted by molar-refractivity contribution is -0.137. The number of alkyl halides is 3. The Labute approximate surface area is 234 Å². The molecule has 0 spiro atoms. The van der Waals surface area contributed by atoms with Crippen LogP contribution in [0.25, 0.3) is 16.8 Å². The maximum Gasteiger partial charge on any atom is 0.416 e. The summed E-state index contributed by atoms with van der Waals surface area (Å²) >= 11 is 0. The number of nitrogen functional groups attached to an aromatic ring is 1. The van der Waals surface area contributed by atoms with Gasteiger partial charge in [-0.25, -0.2) is 15.0 Å². The van der Waals surface area contributed by atoms with Gasteiger partial charge in [-0.2, -0.15) is 13.2 Å². The number of pyridine rings is 1. The highest BCUT2D eigenvalue weighted by Gasteiger charge is 2.31. The van der Waals surface area contributed by atoms with Gasteiger partial charge in [0.05, 0.1) is 5.56 Å². The zero-order chi connectivity index (χ0) is 29.3. The standard InChI is InChI=1S/C29H30F3N7O2/c1-16(2)27(40)36-21-5-3-4-19(14-21)26-38-23(24-25(33)35-12-13-39(24)26)17-6-8-18(9-7-17)28(41)37-22-15-20(10-11-34-22)29(30,31)32/h6-13,15-16,19,21H,3-5,14H2,1-2H3,(H2,33,35)(H,36,40)(H,34,37,41)/t19-,21+/m0/s1. The first-order chi connectivity index (χ1) is 19.5. The van der Waals surface area contributed by atoms with E-state index >= 15 is 0 Å². The molecule has 4 N–H and O–H groups in total. The van der Waals surface area contributed by atoms with E-state index in [1.807, 2.05) is 24.4 Å². The Balaban J connectivity index is 1.40. The van der Waals surface area contributed by atoms with Gasteiger partial charge >= 0.3 is 6.18 Å². The molecule has 0 bridgehead atoms. The zero-order valence-corrected chi connectivity index (χ0v) is 22.6. The number of imidazole rings is 1. The van der Waals surface area contributed by atoms with Crippen molar-refractivity contribution in [3.8, 4) is 11.3 Å². The van der Waals surface area contributed by atoms with Gasteiger partial charge in [-0.3, -0.25) is 14.0 Å². The summed E-state index contributed by atoms with van der Waals surface area (Å²) in [4.78, 5) is 38.1. The van der Waals surface area contributed by atoms with Gasteiger partial charge in [0.25, 0.3) is 5.91 Å². The highest BCUT2D eigenvalue weighted by molar-refractivity contribution is 6.04. The molecule has 3 heterocycles. The van der Waals surface area contributed by atoms with Crippen LogP contribution in [-0.4, -0.2) is 37.2 Å². The topological polar surface area (TPSA) is 127 Å². The molecule has 4 aromatic rings. The van der Waals surface area contributed by atoms with Gasteiger partial charge in [0.1, 0.15) is 28.7 Å². The molecule has 214 valence electrons. The number of carbonyl (C=O) groups excluding carboxylic acids is 2. The molecule has 5 rings (SSSR count). The Hall–Kier alpha value is -4.48. The smallest absolute Gasteiger partial charge is 0.382 e. The van der Waals surface area contributed by atoms with Gasteiger partial charge in [0, 0.05) is 47.6 Å². The Morgan fingerprint density at radius 3 is 2.54 bits per heavy atom. The molecule has 0 unspecified atom stereocenters. The molecule has 1 aliphatic rings. The Kier molecular flexibility index (Phi) is 7.65. The van der Waals surface area contributed by atoms with Crippen molar-refractivity contribution in [2.75, 3.05) is 11.1 Å². The number of nitrogens with zero attached hydrogens (tertiary/aromatic N) is 4. The first-order valence-electron chi connectivity index (χ1n) is 13.4. The van der Waals surface area contributed by atoms with Crippen LogP contribution in [0, 0.1) is 5.92 Å². The number of halogens is 3. The SMILES string of the molecule is CC(C)C(=O)N[C@@H]1CCC[C@H](c2nc(-c3ccc(C(=O)Nc4cc(C(F)(F)F)ccn4)cc3)c3c(N)nccn23)C1. The minimum absolute atomic E-state index is 0.0331. The number of anilines is 2. The number of fused-ring (bicyclic) bond motifs is 1. The second-order valence-corrected chi connectivity index (χ2v) is 10.5. The first kappa shape index (κ1) is 28.1.